The van der Waals surface area contributed by atoms with Crippen molar-refractivity contribution in [1.82, 2.24) is 14.8 Å². The number of benzene rings is 1. The Morgan fingerprint density at radius 3 is 2.95 bits per heavy atom. The van der Waals surface area contributed by atoms with Crippen molar-refractivity contribution in [2.45, 2.75) is 38.2 Å². The molecule has 2 aromatic rings. The van der Waals surface area contributed by atoms with Crippen LogP contribution in [0.5, 0.6) is 0 Å². The van der Waals surface area contributed by atoms with Crippen molar-refractivity contribution in [1.29, 1.82) is 0 Å². The van der Waals surface area contributed by atoms with Crippen molar-refractivity contribution in [3.63, 3.8) is 0 Å². The zero-order valence-corrected chi connectivity index (χ0v) is 12.4. The molecule has 0 saturated carbocycles. The van der Waals surface area contributed by atoms with E-state index in [1.807, 2.05) is 30.3 Å². The molecule has 1 aromatic heterocycles. The van der Waals surface area contributed by atoms with E-state index in [-0.39, 0.29) is 12.0 Å². The molecule has 1 fully saturated rings. The van der Waals surface area contributed by atoms with Crippen LogP contribution in [-0.2, 0) is 9.53 Å². The van der Waals surface area contributed by atoms with Crippen molar-refractivity contribution >= 4 is 11.9 Å². The number of amides is 1. The lowest BCUT2D eigenvalue weighted by atomic mass is 10.0. The molecule has 1 saturated heterocycles. The van der Waals surface area contributed by atoms with Crippen molar-refractivity contribution in [3.8, 4) is 5.69 Å². The minimum absolute atomic E-state index is 0.0562. The Morgan fingerprint density at radius 2 is 2.18 bits per heavy atom. The first kappa shape index (κ1) is 14.7. The lowest BCUT2D eigenvalue weighted by Crippen LogP contribution is -2.22. The molecular formula is C16H20N4O2. The summed E-state index contributed by atoms with van der Waals surface area (Å²) in [6, 6.07) is 9.68. The van der Waals surface area contributed by atoms with E-state index in [9.17, 15) is 4.79 Å². The molecule has 0 radical (unpaired) electrons. The van der Waals surface area contributed by atoms with Gasteiger partial charge in [0, 0.05) is 13.0 Å². The van der Waals surface area contributed by atoms with Crippen LogP contribution in [0, 0.1) is 0 Å². The van der Waals surface area contributed by atoms with Crippen LogP contribution in [0.25, 0.3) is 5.69 Å². The van der Waals surface area contributed by atoms with Gasteiger partial charge in [0.25, 0.3) is 0 Å². The van der Waals surface area contributed by atoms with E-state index >= 15 is 0 Å². The fourth-order valence-electron chi connectivity index (χ4n) is 2.61. The van der Waals surface area contributed by atoms with Crippen LogP contribution in [0.2, 0.25) is 0 Å². The molecule has 0 bridgehead atoms. The number of hydrogen-bond donors (Lipinski definition) is 1. The van der Waals surface area contributed by atoms with Gasteiger partial charge in [0.05, 0.1) is 11.8 Å². The molecule has 22 heavy (non-hydrogen) atoms. The van der Waals surface area contributed by atoms with Crippen molar-refractivity contribution in [2.24, 2.45) is 0 Å². The van der Waals surface area contributed by atoms with Gasteiger partial charge in [-0.05, 0) is 37.8 Å². The van der Waals surface area contributed by atoms with Crippen LogP contribution >= 0.6 is 0 Å². The van der Waals surface area contributed by atoms with Crippen LogP contribution in [0.15, 0.2) is 36.7 Å². The van der Waals surface area contributed by atoms with Crippen LogP contribution in [0.1, 0.15) is 32.1 Å². The minimum atomic E-state index is -0.0562. The summed E-state index contributed by atoms with van der Waals surface area (Å²) in [5, 5.41) is 10.7. The van der Waals surface area contributed by atoms with Crippen LogP contribution in [0.3, 0.4) is 0 Å². The van der Waals surface area contributed by atoms with Gasteiger partial charge in [0.1, 0.15) is 6.33 Å². The summed E-state index contributed by atoms with van der Waals surface area (Å²) in [6.07, 6.45) is 6.36. The molecule has 6 heteroatoms. The Hall–Kier alpha value is -2.21. The van der Waals surface area contributed by atoms with Gasteiger partial charge in [-0.2, -0.15) is 0 Å². The maximum absolute atomic E-state index is 12.1. The molecule has 1 atom stereocenters. The lowest BCUT2D eigenvalue weighted by molar-refractivity contribution is -0.117. The highest BCUT2D eigenvalue weighted by atomic mass is 16.5. The number of aromatic nitrogens is 3. The Kier molecular flexibility index (Phi) is 4.80. The quantitative estimate of drug-likeness (QED) is 0.921. The molecule has 1 N–H and O–H groups in total. The molecular weight excluding hydrogens is 280 g/mol. The van der Waals surface area contributed by atoms with Gasteiger partial charge in [-0.25, -0.2) is 0 Å². The largest absolute Gasteiger partial charge is 0.378 e. The topological polar surface area (TPSA) is 69.0 Å². The predicted octanol–water partition coefficient (Wildman–Crippen LogP) is 2.56. The number of carbonyl (C=O) groups excluding carboxylic acids is 1. The van der Waals surface area contributed by atoms with Gasteiger partial charge in [-0.3, -0.25) is 14.7 Å². The summed E-state index contributed by atoms with van der Waals surface area (Å²) in [5.41, 5.74) is 0.915. The molecule has 1 aromatic carbocycles. The highest BCUT2D eigenvalue weighted by molar-refractivity contribution is 5.89. The second kappa shape index (κ2) is 7.17. The van der Waals surface area contributed by atoms with Gasteiger partial charge >= 0.3 is 0 Å². The first-order valence-corrected chi connectivity index (χ1v) is 7.70. The molecule has 0 unspecified atom stereocenters. The maximum atomic E-state index is 12.1. The second-order valence-electron chi connectivity index (χ2n) is 5.44. The number of nitrogens with zero attached hydrogens (tertiary/aromatic N) is 3. The summed E-state index contributed by atoms with van der Waals surface area (Å²) < 4.78 is 7.40. The SMILES string of the molecule is O=C(CC[C@H]1CCCCO1)Nc1nncn1-c1ccccc1. The third kappa shape index (κ3) is 3.71. The van der Waals surface area contributed by atoms with E-state index in [4.69, 9.17) is 4.74 Å². The Morgan fingerprint density at radius 1 is 1.32 bits per heavy atom. The molecule has 1 aliphatic heterocycles. The van der Waals surface area contributed by atoms with E-state index in [0.29, 0.717) is 12.4 Å². The fraction of sp³-hybridized carbons (Fsp3) is 0.438. The number of carbonyl (C=O) groups is 1. The number of ether oxygens (including phenoxy) is 1. The zero-order chi connectivity index (χ0) is 15.2. The summed E-state index contributed by atoms with van der Waals surface area (Å²) in [5.74, 6) is 0.389. The van der Waals surface area contributed by atoms with E-state index in [1.54, 1.807) is 10.9 Å². The summed E-state index contributed by atoms with van der Waals surface area (Å²) in [7, 11) is 0. The van der Waals surface area contributed by atoms with Gasteiger partial charge in [-0.15, -0.1) is 10.2 Å². The average Bonchev–Trinajstić information content (AvgIpc) is 3.03. The number of hydrogen-bond acceptors (Lipinski definition) is 4. The standard InChI is InChI=1S/C16H20N4O2/c21-15(10-9-14-8-4-5-11-22-14)18-16-19-17-12-20(16)13-6-2-1-3-7-13/h1-3,6-7,12,14H,4-5,8-11H2,(H,18,19,21)/t14-/m1/s1. The first-order valence-electron chi connectivity index (χ1n) is 7.70. The monoisotopic (exact) mass is 300 g/mol. The number of para-hydroxylation sites is 1. The molecule has 2 heterocycles. The molecule has 0 aliphatic carbocycles. The third-order valence-electron chi connectivity index (χ3n) is 3.80. The van der Waals surface area contributed by atoms with Crippen LogP contribution < -0.4 is 5.32 Å². The average molecular weight is 300 g/mol. The van der Waals surface area contributed by atoms with E-state index in [1.165, 1.54) is 6.42 Å². The Labute approximate surface area is 129 Å². The smallest absolute Gasteiger partial charge is 0.235 e. The minimum Gasteiger partial charge on any atom is -0.378 e. The highest BCUT2D eigenvalue weighted by Crippen LogP contribution is 2.18. The number of nitrogens with one attached hydrogen (secondary N) is 1. The molecule has 1 aliphatic rings. The van der Waals surface area contributed by atoms with Gasteiger partial charge < -0.3 is 4.74 Å². The van der Waals surface area contributed by atoms with E-state index in [0.717, 1.165) is 31.6 Å². The van der Waals surface area contributed by atoms with Crippen LogP contribution in [0.4, 0.5) is 5.95 Å². The van der Waals surface area contributed by atoms with Gasteiger partial charge in [-0.1, -0.05) is 18.2 Å². The summed E-state index contributed by atoms with van der Waals surface area (Å²) in [6.45, 7) is 0.814. The Balaban J connectivity index is 1.57. The lowest BCUT2D eigenvalue weighted by Gasteiger charge is -2.22. The summed E-state index contributed by atoms with van der Waals surface area (Å²) >= 11 is 0. The number of anilines is 1. The van der Waals surface area contributed by atoms with Gasteiger partial charge in [0.15, 0.2) is 0 Å². The fourth-order valence-corrected chi connectivity index (χ4v) is 2.61. The van der Waals surface area contributed by atoms with E-state index < -0.39 is 0 Å². The predicted molar refractivity (Wildman–Crippen MR) is 82.8 cm³/mol. The molecule has 1 amide bonds. The van der Waals surface area contributed by atoms with Crippen molar-refractivity contribution in [3.05, 3.63) is 36.7 Å². The summed E-state index contributed by atoms with van der Waals surface area (Å²) in [4.78, 5) is 12.1. The van der Waals surface area contributed by atoms with Crippen molar-refractivity contribution in [2.75, 3.05) is 11.9 Å². The first-order chi connectivity index (χ1) is 10.8. The third-order valence-corrected chi connectivity index (χ3v) is 3.80. The van der Waals surface area contributed by atoms with E-state index in [2.05, 4.69) is 15.5 Å². The number of rotatable bonds is 5. The zero-order valence-electron chi connectivity index (χ0n) is 12.4. The molecule has 0 spiro atoms. The molecule has 3 rings (SSSR count). The van der Waals surface area contributed by atoms with Crippen molar-refractivity contribution < 1.29 is 9.53 Å². The highest BCUT2D eigenvalue weighted by Gasteiger charge is 2.16. The van der Waals surface area contributed by atoms with Gasteiger partial charge in [0.2, 0.25) is 11.9 Å². The second-order valence-corrected chi connectivity index (χ2v) is 5.44. The Bertz CT molecular complexity index is 606. The normalized spacial score (nSPS) is 18.1. The molecule has 6 nitrogen and oxygen atoms in total. The van der Waals surface area contributed by atoms with Crippen LogP contribution in [-0.4, -0.2) is 33.4 Å². The molecule has 116 valence electrons. The maximum Gasteiger partial charge on any atom is 0.235 e.